The number of piperidine rings is 2. The highest BCUT2D eigenvalue weighted by atomic mass is 16.5. The van der Waals surface area contributed by atoms with Crippen molar-refractivity contribution in [3.63, 3.8) is 0 Å². The van der Waals surface area contributed by atoms with E-state index < -0.39 is 0 Å². The van der Waals surface area contributed by atoms with E-state index in [0.29, 0.717) is 31.4 Å². The molecule has 3 aliphatic heterocycles. The van der Waals surface area contributed by atoms with Gasteiger partial charge in [-0.25, -0.2) is 9.97 Å². The first-order valence-corrected chi connectivity index (χ1v) is 14.0. The van der Waals surface area contributed by atoms with Gasteiger partial charge in [-0.05, 0) is 38.3 Å². The van der Waals surface area contributed by atoms with E-state index in [9.17, 15) is 4.79 Å². The molecule has 0 spiro atoms. The van der Waals surface area contributed by atoms with Gasteiger partial charge in [0.05, 0.1) is 25.9 Å². The smallest absolute Gasteiger partial charge is 0.243 e. The fraction of sp³-hybridized carbons (Fsp3) is 0.593. The molecule has 2 atom stereocenters. The van der Waals surface area contributed by atoms with Crippen molar-refractivity contribution < 1.29 is 9.53 Å². The maximum atomic E-state index is 11.9. The molecule has 0 radical (unpaired) electrons. The summed E-state index contributed by atoms with van der Waals surface area (Å²) in [4.78, 5) is 40.6. The molecular formula is C27H40N10O2. The third-order valence-electron chi connectivity index (χ3n) is 7.70. The monoisotopic (exact) mass is 536 g/mol. The van der Waals surface area contributed by atoms with E-state index >= 15 is 0 Å². The average molecular weight is 537 g/mol. The van der Waals surface area contributed by atoms with Gasteiger partial charge < -0.3 is 24.8 Å². The number of likely N-dealkylation sites (tertiary alicyclic amines) is 1. The van der Waals surface area contributed by atoms with Gasteiger partial charge >= 0.3 is 0 Å². The van der Waals surface area contributed by atoms with Gasteiger partial charge in [0.2, 0.25) is 11.9 Å². The number of anilines is 2. The number of hydrogen-bond acceptors (Lipinski definition) is 10. The molecule has 0 aromatic carbocycles. The molecule has 0 bridgehead atoms. The van der Waals surface area contributed by atoms with Gasteiger partial charge in [-0.1, -0.05) is 19.2 Å². The number of aromatic amines is 1. The maximum absolute atomic E-state index is 11.9. The Labute approximate surface area is 229 Å². The summed E-state index contributed by atoms with van der Waals surface area (Å²) in [7, 11) is 0. The van der Waals surface area contributed by atoms with E-state index in [1.165, 1.54) is 6.08 Å². The molecule has 3 aliphatic rings. The van der Waals surface area contributed by atoms with Gasteiger partial charge in [-0.15, -0.1) is 0 Å². The molecule has 5 heterocycles. The molecule has 1 unspecified atom stereocenters. The number of nitrogens with one attached hydrogen (secondary N) is 3. The Morgan fingerprint density at radius 1 is 1.13 bits per heavy atom. The number of nitrogens with zero attached hydrogens (tertiary/aromatic N) is 7. The van der Waals surface area contributed by atoms with Crippen LogP contribution in [-0.2, 0) is 9.53 Å². The number of fused-ring (bicyclic) bond motifs is 1. The van der Waals surface area contributed by atoms with E-state index in [1.54, 1.807) is 18.6 Å². The first-order chi connectivity index (χ1) is 19.1. The summed E-state index contributed by atoms with van der Waals surface area (Å²) in [6.07, 6.45) is 10.5. The molecule has 3 fully saturated rings. The second kappa shape index (κ2) is 13.1. The van der Waals surface area contributed by atoms with Crippen molar-refractivity contribution in [3.05, 3.63) is 31.6 Å². The minimum atomic E-state index is -0.114. The fourth-order valence-corrected chi connectivity index (χ4v) is 5.67. The van der Waals surface area contributed by atoms with Crippen LogP contribution in [0, 0.1) is 0 Å². The molecular weight excluding hydrogens is 496 g/mol. The second-order valence-corrected chi connectivity index (χ2v) is 10.3. The van der Waals surface area contributed by atoms with Gasteiger partial charge in [0.25, 0.3) is 0 Å². The summed E-state index contributed by atoms with van der Waals surface area (Å²) in [5.41, 5.74) is 1.59. The first kappa shape index (κ1) is 27.2. The van der Waals surface area contributed by atoms with E-state index in [2.05, 4.69) is 58.4 Å². The zero-order valence-electron chi connectivity index (χ0n) is 22.6. The summed E-state index contributed by atoms with van der Waals surface area (Å²) in [5.74, 6) is 1.63. The summed E-state index contributed by atoms with van der Waals surface area (Å²) in [6, 6.07) is 0.485. The molecule has 3 saturated heterocycles. The van der Waals surface area contributed by atoms with Gasteiger partial charge in [-0.3, -0.25) is 20.0 Å². The number of imidazole rings is 1. The fourth-order valence-electron chi connectivity index (χ4n) is 5.67. The quantitative estimate of drug-likeness (QED) is 0.302. The molecule has 0 saturated carbocycles. The van der Waals surface area contributed by atoms with Crippen LogP contribution < -0.4 is 20.4 Å². The highest BCUT2D eigenvalue weighted by molar-refractivity contribution is 5.87. The molecule has 2 aromatic heterocycles. The van der Waals surface area contributed by atoms with E-state index in [0.717, 1.165) is 82.2 Å². The molecule has 210 valence electrons. The average Bonchev–Trinajstić information content (AvgIpc) is 3.42. The third-order valence-corrected chi connectivity index (χ3v) is 7.70. The number of aromatic nitrogens is 4. The number of ether oxygens (including phenoxy) is 1. The standard InChI is InChI=1S/C27H40N10O2/c1-3-9-28-17-22(37-10-5-6-21(18-37)32-23(38)4-2)31-20-7-11-36(12-8-20)27-33-24-25(34-27)29-19-30-26(24)35-13-15-39-16-14-35/h3-4,9,19-22,31H,1-2,5-8,10-18H2,(H,32,38)(H,29,30,33,34)/t21-,22?/m1/s1. The summed E-state index contributed by atoms with van der Waals surface area (Å²) in [5, 5.41) is 6.94. The van der Waals surface area contributed by atoms with Gasteiger partial charge in [0.1, 0.15) is 11.8 Å². The van der Waals surface area contributed by atoms with Crippen LogP contribution in [0.5, 0.6) is 0 Å². The zero-order chi connectivity index (χ0) is 27.0. The number of allylic oxidation sites excluding steroid dienone is 1. The predicted octanol–water partition coefficient (Wildman–Crippen LogP) is 1.10. The van der Waals surface area contributed by atoms with Crippen LogP contribution in [-0.4, -0.2) is 114 Å². The number of hydrogen-bond donors (Lipinski definition) is 3. The Bertz CT molecular complexity index is 1150. The largest absolute Gasteiger partial charge is 0.378 e. The third kappa shape index (κ3) is 6.81. The van der Waals surface area contributed by atoms with Gasteiger partial charge in [-0.2, -0.15) is 4.98 Å². The number of carbonyl (C=O) groups is 1. The summed E-state index contributed by atoms with van der Waals surface area (Å²) < 4.78 is 5.50. The van der Waals surface area contributed by atoms with Crippen molar-refractivity contribution >= 4 is 35.1 Å². The number of carbonyl (C=O) groups excluding carboxylic acids is 1. The Balaban J connectivity index is 1.21. The first-order valence-electron chi connectivity index (χ1n) is 14.0. The van der Waals surface area contributed by atoms with Crippen LogP contribution in [0.1, 0.15) is 25.7 Å². The SMILES string of the molecule is C=CC=NCC(NC1CCN(c2nc3ncnc(N4CCOCC4)c3[nH]2)CC1)N1CCC[C@@H](NC(=O)C=C)C1. The van der Waals surface area contributed by atoms with Crippen molar-refractivity contribution in [1.29, 1.82) is 0 Å². The number of morpholine rings is 1. The van der Waals surface area contributed by atoms with Gasteiger partial charge in [0.15, 0.2) is 11.5 Å². The Morgan fingerprint density at radius 3 is 2.72 bits per heavy atom. The summed E-state index contributed by atoms with van der Waals surface area (Å²) >= 11 is 0. The van der Waals surface area contributed by atoms with Crippen LogP contribution in [0.25, 0.3) is 11.2 Å². The molecule has 1 amide bonds. The maximum Gasteiger partial charge on any atom is 0.243 e. The van der Waals surface area contributed by atoms with E-state index in [-0.39, 0.29) is 18.1 Å². The Hall–Kier alpha value is -3.35. The zero-order valence-corrected chi connectivity index (χ0v) is 22.6. The van der Waals surface area contributed by atoms with Crippen LogP contribution in [0.4, 0.5) is 11.8 Å². The number of rotatable bonds is 10. The van der Waals surface area contributed by atoms with Crippen molar-refractivity contribution in [1.82, 2.24) is 35.5 Å². The Morgan fingerprint density at radius 2 is 1.95 bits per heavy atom. The predicted molar refractivity (Wildman–Crippen MR) is 153 cm³/mol. The molecule has 3 N–H and O–H groups in total. The minimum absolute atomic E-state index is 0.0961. The lowest BCUT2D eigenvalue weighted by Gasteiger charge is -2.41. The van der Waals surface area contributed by atoms with Crippen LogP contribution >= 0.6 is 0 Å². The van der Waals surface area contributed by atoms with Crippen molar-refractivity contribution in [2.75, 3.05) is 68.8 Å². The molecule has 2 aromatic rings. The van der Waals surface area contributed by atoms with Crippen LogP contribution in [0.3, 0.4) is 0 Å². The minimum Gasteiger partial charge on any atom is -0.378 e. The summed E-state index contributed by atoms with van der Waals surface area (Å²) in [6.45, 7) is 14.6. The number of aliphatic imine (C=N–C) groups is 1. The lowest BCUT2D eigenvalue weighted by molar-refractivity contribution is -0.117. The molecule has 39 heavy (non-hydrogen) atoms. The lowest BCUT2D eigenvalue weighted by atomic mass is 10.0. The molecule has 0 aliphatic carbocycles. The van der Waals surface area contributed by atoms with E-state index in [1.807, 2.05) is 0 Å². The van der Waals surface area contributed by atoms with Crippen molar-refractivity contribution in [2.24, 2.45) is 4.99 Å². The van der Waals surface area contributed by atoms with Crippen LogP contribution in [0.15, 0.2) is 36.6 Å². The molecule has 12 heteroatoms. The highest BCUT2D eigenvalue weighted by Crippen LogP contribution is 2.26. The van der Waals surface area contributed by atoms with E-state index in [4.69, 9.17) is 9.72 Å². The molecule has 12 nitrogen and oxygen atoms in total. The van der Waals surface area contributed by atoms with Gasteiger partial charge in [0, 0.05) is 51.0 Å². The second-order valence-electron chi connectivity index (χ2n) is 10.3. The number of H-pyrrole nitrogens is 1. The lowest BCUT2D eigenvalue weighted by Crippen LogP contribution is -2.59. The Kier molecular flexibility index (Phi) is 9.17. The topological polar surface area (TPSA) is 127 Å². The van der Waals surface area contributed by atoms with Crippen LogP contribution in [0.2, 0.25) is 0 Å². The van der Waals surface area contributed by atoms with Crippen molar-refractivity contribution in [2.45, 2.75) is 43.9 Å². The number of amides is 1. The highest BCUT2D eigenvalue weighted by Gasteiger charge is 2.30. The normalized spacial score (nSPS) is 22.3. The van der Waals surface area contributed by atoms with Crippen molar-refractivity contribution in [3.8, 4) is 0 Å². The molecule has 5 rings (SSSR count).